The SMILES string of the molecule is C=C(Cl)CNC(=O)NC1(C(=O)O)CCOCC1. The molecule has 0 unspecified atom stereocenters. The summed E-state index contributed by atoms with van der Waals surface area (Å²) in [5, 5.41) is 14.3. The van der Waals surface area contributed by atoms with Crippen molar-refractivity contribution in [3.05, 3.63) is 11.6 Å². The van der Waals surface area contributed by atoms with Crippen LogP contribution in [0.15, 0.2) is 11.6 Å². The molecular formula is C10H15ClN2O4. The third kappa shape index (κ3) is 3.90. The highest BCUT2D eigenvalue weighted by atomic mass is 35.5. The van der Waals surface area contributed by atoms with Crippen LogP contribution in [0.3, 0.4) is 0 Å². The highest BCUT2D eigenvalue weighted by Gasteiger charge is 2.41. The minimum absolute atomic E-state index is 0.0968. The Hall–Kier alpha value is -1.27. The first kappa shape index (κ1) is 13.8. The number of nitrogens with one attached hydrogen (secondary N) is 2. The largest absolute Gasteiger partial charge is 0.480 e. The summed E-state index contributed by atoms with van der Waals surface area (Å²) in [5.41, 5.74) is -1.25. The monoisotopic (exact) mass is 262 g/mol. The first-order chi connectivity index (χ1) is 7.96. The summed E-state index contributed by atoms with van der Waals surface area (Å²) in [6.45, 7) is 4.14. The lowest BCUT2D eigenvalue weighted by Crippen LogP contribution is -2.59. The highest BCUT2D eigenvalue weighted by molar-refractivity contribution is 6.29. The minimum Gasteiger partial charge on any atom is -0.480 e. The van der Waals surface area contributed by atoms with E-state index in [0.29, 0.717) is 13.2 Å². The average Bonchev–Trinajstić information content (AvgIpc) is 2.27. The van der Waals surface area contributed by atoms with E-state index in [0.717, 1.165) is 0 Å². The maximum atomic E-state index is 11.5. The topological polar surface area (TPSA) is 87.7 Å². The number of carbonyl (C=O) groups is 2. The number of hydrogen-bond acceptors (Lipinski definition) is 3. The van der Waals surface area contributed by atoms with Gasteiger partial charge in [-0.05, 0) is 0 Å². The molecule has 7 heteroatoms. The smallest absolute Gasteiger partial charge is 0.329 e. The summed E-state index contributed by atoms with van der Waals surface area (Å²) >= 11 is 5.49. The van der Waals surface area contributed by atoms with Gasteiger partial charge in [0.05, 0.1) is 6.54 Å². The molecule has 1 aliphatic heterocycles. The zero-order valence-corrected chi connectivity index (χ0v) is 10.0. The van der Waals surface area contributed by atoms with Crippen LogP contribution in [0.5, 0.6) is 0 Å². The fourth-order valence-electron chi connectivity index (χ4n) is 1.55. The molecule has 96 valence electrons. The van der Waals surface area contributed by atoms with Crippen molar-refractivity contribution in [1.82, 2.24) is 10.6 Å². The molecule has 0 aromatic heterocycles. The maximum Gasteiger partial charge on any atom is 0.329 e. The summed E-state index contributed by atoms with van der Waals surface area (Å²) in [6, 6.07) is -0.573. The van der Waals surface area contributed by atoms with Crippen LogP contribution in [0, 0.1) is 0 Å². The van der Waals surface area contributed by atoms with Gasteiger partial charge in [-0.1, -0.05) is 18.2 Å². The Labute approximate surface area is 104 Å². The molecule has 1 rings (SSSR count). The van der Waals surface area contributed by atoms with Gasteiger partial charge < -0.3 is 20.5 Å². The van der Waals surface area contributed by atoms with Gasteiger partial charge in [-0.25, -0.2) is 9.59 Å². The quantitative estimate of drug-likeness (QED) is 0.695. The van der Waals surface area contributed by atoms with E-state index >= 15 is 0 Å². The predicted octanol–water partition coefficient (Wildman–Crippen LogP) is 0.672. The summed E-state index contributed by atoms with van der Waals surface area (Å²) in [5.74, 6) is -1.05. The molecule has 0 radical (unpaired) electrons. The molecule has 0 spiro atoms. The lowest BCUT2D eigenvalue weighted by Gasteiger charge is -2.33. The van der Waals surface area contributed by atoms with Gasteiger partial charge in [0.25, 0.3) is 0 Å². The predicted molar refractivity (Wildman–Crippen MR) is 61.9 cm³/mol. The molecule has 2 amide bonds. The van der Waals surface area contributed by atoms with Crippen molar-refractivity contribution in [2.75, 3.05) is 19.8 Å². The van der Waals surface area contributed by atoms with Gasteiger partial charge in [0.15, 0.2) is 0 Å². The zero-order chi connectivity index (χ0) is 12.9. The van der Waals surface area contributed by atoms with Crippen LogP contribution in [0.2, 0.25) is 0 Å². The Bertz CT molecular complexity index is 326. The number of ether oxygens (including phenoxy) is 1. The van der Waals surface area contributed by atoms with E-state index in [1.54, 1.807) is 0 Å². The van der Waals surface area contributed by atoms with Crippen molar-refractivity contribution in [1.29, 1.82) is 0 Å². The normalized spacial score (nSPS) is 18.2. The molecule has 0 aromatic carbocycles. The number of hydrogen-bond donors (Lipinski definition) is 3. The second-order valence-electron chi connectivity index (χ2n) is 3.82. The lowest BCUT2D eigenvalue weighted by molar-refractivity contribution is -0.148. The molecule has 3 N–H and O–H groups in total. The molecule has 0 aliphatic carbocycles. The van der Waals surface area contributed by atoms with Crippen LogP contribution in [-0.4, -0.2) is 42.4 Å². The number of aliphatic carboxylic acids is 1. The molecule has 1 fully saturated rings. The number of halogens is 1. The third-order valence-corrected chi connectivity index (χ3v) is 2.68. The molecule has 1 aliphatic rings. The van der Waals surface area contributed by atoms with E-state index in [-0.39, 0.29) is 24.4 Å². The number of carboxylic acids is 1. The van der Waals surface area contributed by atoms with Crippen molar-refractivity contribution in [3.63, 3.8) is 0 Å². The Morgan fingerprint density at radius 1 is 1.41 bits per heavy atom. The van der Waals surface area contributed by atoms with Gasteiger partial charge in [-0.15, -0.1) is 0 Å². The second kappa shape index (κ2) is 5.88. The Morgan fingerprint density at radius 2 is 2.00 bits per heavy atom. The first-order valence-corrected chi connectivity index (χ1v) is 5.54. The van der Waals surface area contributed by atoms with Gasteiger partial charge in [0.2, 0.25) is 0 Å². The summed E-state index contributed by atoms with van der Waals surface area (Å²) < 4.78 is 5.08. The van der Waals surface area contributed by atoms with Crippen LogP contribution >= 0.6 is 11.6 Å². The van der Waals surface area contributed by atoms with Crippen molar-refractivity contribution in [3.8, 4) is 0 Å². The van der Waals surface area contributed by atoms with Gasteiger partial charge in [-0.2, -0.15) is 0 Å². The van der Waals surface area contributed by atoms with E-state index in [1.807, 2.05) is 0 Å². The number of urea groups is 1. The van der Waals surface area contributed by atoms with Crippen LogP contribution in [-0.2, 0) is 9.53 Å². The molecule has 1 saturated heterocycles. The van der Waals surface area contributed by atoms with Gasteiger partial charge in [-0.3, -0.25) is 0 Å². The van der Waals surface area contributed by atoms with Crippen molar-refractivity contribution in [2.45, 2.75) is 18.4 Å². The maximum absolute atomic E-state index is 11.5. The summed E-state index contributed by atoms with van der Waals surface area (Å²) in [6.07, 6.45) is 0.495. The first-order valence-electron chi connectivity index (χ1n) is 5.17. The summed E-state index contributed by atoms with van der Waals surface area (Å²) in [7, 11) is 0. The van der Waals surface area contributed by atoms with Crippen molar-refractivity contribution in [2.24, 2.45) is 0 Å². The molecular weight excluding hydrogens is 248 g/mol. The number of amides is 2. The molecule has 0 atom stereocenters. The Balaban J connectivity index is 2.57. The van der Waals surface area contributed by atoms with Crippen molar-refractivity contribution >= 4 is 23.6 Å². The Kier molecular flexibility index (Phi) is 4.77. The number of rotatable bonds is 4. The Morgan fingerprint density at radius 3 is 2.47 bits per heavy atom. The molecule has 17 heavy (non-hydrogen) atoms. The highest BCUT2D eigenvalue weighted by Crippen LogP contribution is 2.20. The molecule has 6 nitrogen and oxygen atoms in total. The molecule has 1 heterocycles. The van der Waals surface area contributed by atoms with Crippen LogP contribution in [0.4, 0.5) is 4.79 Å². The van der Waals surface area contributed by atoms with E-state index in [1.165, 1.54) is 0 Å². The average molecular weight is 263 g/mol. The fourth-order valence-corrected chi connectivity index (χ4v) is 1.62. The molecule has 0 bridgehead atoms. The van der Waals surface area contributed by atoms with E-state index in [9.17, 15) is 14.7 Å². The van der Waals surface area contributed by atoms with Crippen LogP contribution in [0.25, 0.3) is 0 Å². The van der Waals surface area contributed by atoms with Gasteiger partial charge >= 0.3 is 12.0 Å². The van der Waals surface area contributed by atoms with Gasteiger partial charge in [0.1, 0.15) is 5.54 Å². The second-order valence-corrected chi connectivity index (χ2v) is 4.36. The lowest BCUT2D eigenvalue weighted by atomic mass is 9.90. The minimum atomic E-state index is -1.25. The summed E-state index contributed by atoms with van der Waals surface area (Å²) in [4.78, 5) is 22.7. The van der Waals surface area contributed by atoms with E-state index in [4.69, 9.17) is 16.3 Å². The fraction of sp³-hybridized carbons (Fsp3) is 0.600. The van der Waals surface area contributed by atoms with Crippen LogP contribution in [0.1, 0.15) is 12.8 Å². The molecule has 0 saturated carbocycles. The van der Waals surface area contributed by atoms with Crippen molar-refractivity contribution < 1.29 is 19.4 Å². The standard InChI is InChI=1S/C10H15ClN2O4/c1-7(11)6-12-9(16)13-10(8(14)15)2-4-17-5-3-10/h1-6H2,(H,14,15)(H2,12,13,16). The molecule has 0 aromatic rings. The number of carbonyl (C=O) groups excluding carboxylic acids is 1. The third-order valence-electron chi connectivity index (χ3n) is 2.55. The van der Waals surface area contributed by atoms with Crippen LogP contribution < -0.4 is 10.6 Å². The number of carboxylic acid groups (broad SMARTS) is 1. The zero-order valence-electron chi connectivity index (χ0n) is 9.29. The van der Waals surface area contributed by atoms with Gasteiger partial charge in [0, 0.05) is 31.1 Å². The van der Waals surface area contributed by atoms with E-state index < -0.39 is 17.5 Å². The van der Waals surface area contributed by atoms with E-state index in [2.05, 4.69) is 17.2 Å².